The molecule has 0 aromatic carbocycles. The molecule has 7 heteroatoms. The number of hydrogen-bond acceptors (Lipinski definition) is 5. The minimum Gasteiger partial charge on any atom is -0.376 e. The van der Waals surface area contributed by atoms with Crippen LogP contribution in [0.5, 0.6) is 0 Å². The lowest BCUT2D eigenvalue weighted by molar-refractivity contribution is 0.0468. The fourth-order valence-corrected chi connectivity index (χ4v) is 3.13. The molecule has 2 N–H and O–H groups in total. The van der Waals surface area contributed by atoms with Gasteiger partial charge in [0.05, 0.1) is 12.7 Å². The average molecular weight is 349 g/mol. The van der Waals surface area contributed by atoms with Crippen LogP contribution in [-0.2, 0) is 11.3 Å². The summed E-state index contributed by atoms with van der Waals surface area (Å²) in [7, 11) is 0. The molecule has 140 valence electrons. The van der Waals surface area contributed by atoms with Gasteiger partial charge in [-0.25, -0.2) is 4.99 Å². The zero-order valence-electron chi connectivity index (χ0n) is 15.3. The molecule has 0 bridgehead atoms. The Morgan fingerprint density at radius 3 is 2.68 bits per heavy atom. The van der Waals surface area contributed by atoms with Gasteiger partial charge in [0, 0.05) is 19.0 Å². The zero-order chi connectivity index (χ0) is 17.3. The van der Waals surface area contributed by atoms with E-state index in [1.54, 1.807) is 0 Å². The van der Waals surface area contributed by atoms with Crippen molar-refractivity contribution in [1.82, 2.24) is 20.8 Å². The molecule has 0 radical (unpaired) electrons. The van der Waals surface area contributed by atoms with Crippen LogP contribution in [-0.4, -0.2) is 41.9 Å². The molecule has 1 aromatic heterocycles. The number of hydrogen-bond donors (Lipinski definition) is 2. The molecule has 2 aliphatic carbocycles. The SMILES string of the molecule is CCNC(=NCc1nc(C2CC2)no1)NCCOC1CCCCCC1. The minimum atomic E-state index is 0.401. The molecule has 0 amide bonds. The van der Waals surface area contributed by atoms with Crippen molar-refractivity contribution in [3.63, 3.8) is 0 Å². The lowest BCUT2D eigenvalue weighted by Gasteiger charge is -2.16. The van der Waals surface area contributed by atoms with Crippen LogP contribution in [0.3, 0.4) is 0 Å². The van der Waals surface area contributed by atoms with Crippen molar-refractivity contribution < 1.29 is 9.26 Å². The smallest absolute Gasteiger partial charge is 0.248 e. The number of aliphatic imine (C=N–C) groups is 1. The molecular formula is C18H31N5O2. The number of guanidine groups is 1. The molecule has 0 aliphatic heterocycles. The Morgan fingerprint density at radius 2 is 1.96 bits per heavy atom. The monoisotopic (exact) mass is 349 g/mol. The summed E-state index contributed by atoms with van der Waals surface area (Å²) in [5, 5.41) is 10.6. The van der Waals surface area contributed by atoms with Crippen molar-refractivity contribution in [3.05, 3.63) is 11.7 Å². The second kappa shape index (κ2) is 9.75. The van der Waals surface area contributed by atoms with E-state index in [2.05, 4.69) is 32.7 Å². The standard InChI is InChI=1S/C18H31N5O2/c1-2-19-18(20-11-12-24-15-7-5-3-4-6-8-15)21-13-16-22-17(23-25-16)14-9-10-14/h14-15H,2-13H2,1H3,(H2,19,20,21). The molecule has 3 rings (SSSR count). The van der Waals surface area contributed by atoms with E-state index in [9.17, 15) is 0 Å². The molecule has 7 nitrogen and oxygen atoms in total. The Labute approximate surface area is 150 Å². The van der Waals surface area contributed by atoms with Crippen molar-refractivity contribution in [2.75, 3.05) is 19.7 Å². The van der Waals surface area contributed by atoms with E-state index in [1.807, 2.05) is 0 Å². The van der Waals surface area contributed by atoms with Crippen LogP contribution in [0.2, 0.25) is 0 Å². The summed E-state index contributed by atoms with van der Waals surface area (Å²) in [6, 6.07) is 0. The van der Waals surface area contributed by atoms with E-state index in [0.29, 0.717) is 31.1 Å². The summed E-state index contributed by atoms with van der Waals surface area (Å²) >= 11 is 0. The van der Waals surface area contributed by atoms with E-state index < -0.39 is 0 Å². The summed E-state index contributed by atoms with van der Waals surface area (Å²) < 4.78 is 11.3. The Balaban J connectivity index is 1.38. The van der Waals surface area contributed by atoms with Gasteiger partial charge in [0.25, 0.3) is 0 Å². The highest BCUT2D eigenvalue weighted by Gasteiger charge is 2.28. The van der Waals surface area contributed by atoms with Gasteiger partial charge in [0.15, 0.2) is 11.8 Å². The van der Waals surface area contributed by atoms with E-state index in [-0.39, 0.29) is 0 Å². The Kier molecular flexibility index (Phi) is 7.09. The molecule has 2 saturated carbocycles. The van der Waals surface area contributed by atoms with Crippen LogP contribution < -0.4 is 10.6 Å². The number of nitrogens with zero attached hydrogens (tertiary/aromatic N) is 3. The maximum atomic E-state index is 6.00. The molecule has 0 atom stereocenters. The van der Waals surface area contributed by atoms with Gasteiger partial charge in [-0.3, -0.25) is 0 Å². The second-order valence-corrected chi connectivity index (χ2v) is 6.93. The van der Waals surface area contributed by atoms with Crippen LogP contribution in [0.1, 0.15) is 75.9 Å². The van der Waals surface area contributed by atoms with Crippen molar-refractivity contribution >= 4 is 5.96 Å². The van der Waals surface area contributed by atoms with Crippen LogP contribution in [0, 0.1) is 0 Å². The highest BCUT2D eigenvalue weighted by Crippen LogP contribution is 2.38. The Hall–Kier alpha value is -1.63. The maximum Gasteiger partial charge on any atom is 0.248 e. The van der Waals surface area contributed by atoms with Crippen LogP contribution in [0.25, 0.3) is 0 Å². The zero-order valence-corrected chi connectivity index (χ0v) is 15.3. The first-order valence-corrected chi connectivity index (χ1v) is 9.81. The largest absolute Gasteiger partial charge is 0.376 e. The number of nitrogens with one attached hydrogen (secondary N) is 2. The van der Waals surface area contributed by atoms with Gasteiger partial charge in [-0.2, -0.15) is 4.98 Å². The van der Waals surface area contributed by atoms with Crippen molar-refractivity contribution in [1.29, 1.82) is 0 Å². The molecule has 2 fully saturated rings. The fraction of sp³-hybridized carbons (Fsp3) is 0.833. The first-order valence-electron chi connectivity index (χ1n) is 9.81. The predicted octanol–water partition coefficient (Wildman–Crippen LogP) is 2.74. The lowest BCUT2D eigenvalue weighted by atomic mass is 10.1. The van der Waals surface area contributed by atoms with Gasteiger partial charge in [0.1, 0.15) is 6.54 Å². The fourth-order valence-electron chi connectivity index (χ4n) is 3.13. The van der Waals surface area contributed by atoms with Gasteiger partial charge in [-0.05, 0) is 32.6 Å². The normalized spacial score (nSPS) is 19.6. The molecule has 0 saturated heterocycles. The number of rotatable bonds is 8. The van der Waals surface area contributed by atoms with Gasteiger partial charge in [-0.15, -0.1) is 0 Å². The average Bonchev–Trinajstić information content (AvgIpc) is 3.41. The van der Waals surface area contributed by atoms with E-state index >= 15 is 0 Å². The quantitative estimate of drug-likeness (QED) is 0.325. The molecule has 2 aliphatic rings. The predicted molar refractivity (Wildman–Crippen MR) is 96.5 cm³/mol. The topological polar surface area (TPSA) is 84.6 Å². The third-order valence-corrected chi connectivity index (χ3v) is 4.69. The summed E-state index contributed by atoms with van der Waals surface area (Å²) in [6.45, 7) is 4.73. The third kappa shape index (κ3) is 6.30. The van der Waals surface area contributed by atoms with Gasteiger partial charge in [0.2, 0.25) is 5.89 Å². The highest BCUT2D eigenvalue weighted by atomic mass is 16.5. The first kappa shape index (κ1) is 18.2. The number of ether oxygens (including phenoxy) is 1. The third-order valence-electron chi connectivity index (χ3n) is 4.69. The number of aromatic nitrogens is 2. The summed E-state index contributed by atoms with van der Waals surface area (Å²) in [5.74, 6) is 2.68. The van der Waals surface area contributed by atoms with Crippen molar-refractivity contribution in [3.8, 4) is 0 Å². The molecule has 0 unspecified atom stereocenters. The van der Waals surface area contributed by atoms with Crippen molar-refractivity contribution in [2.45, 2.75) is 76.9 Å². The van der Waals surface area contributed by atoms with E-state index in [4.69, 9.17) is 9.26 Å². The molecule has 1 aromatic rings. The Morgan fingerprint density at radius 1 is 1.16 bits per heavy atom. The van der Waals surface area contributed by atoms with Gasteiger partial charge >= 0.3 is 0 Å². The second-order valence-electron chi connectivity index (χ2n) is 6.93. The van der Waals surface area contributed by atoms with Gasteiger partial charge in [-0.1, -0.05) is 30.8 Å². The lowest BCUT2D eigenvalue weighted by Crippen LogP contribution is -2.39. The summed E-state index contributed by atoms with van der Waals surface area (Å²) in [5.41, 5.74) is 0. The molecule has 0 spiro atoms. The van der Waals surface area contributed by atoms with Crippen LogP contribution in [0.4, 0.5) is 0 Å². The first-order chi connectivity index (χ1) is 12.3. The highest BCUT2D eigenvalue weighted by molar-refractivity contribution is 5.79. The van der Waals surface area contributed by atoms with Crippen LogP contribution in [0.15, 0.2) is 9.52 Å². The van der Waals surface area contributed by atoms with E-state index in [0.717, 1.165) is 24.9 Å². The van der Waals surface area contributed by atoms with Crippen LogP contribution >= 0.6 is 0 Å². The summed E-state index contributed by atoms with van der Waals surface area (Å²) in [4.78, 5) is 8.92. The van der Waals surface area contributed by atoms with Crippen molar-refractivity contribution in [2.24, 2.45) is 4.99 Å². The molecular weight excluding hydrogens is 318 g/mol. The van der Waals surface area contributed by atoms with E-state index in [1.165, 1.54) is 51.4 Å². The molecule has 1 heterocycles. The van der Waals surface area contributed by atoms with Gasteiger partial charge < -0.3 is 19.9 Å². The molecule has 25 heavy (non-hydrogen) atoms. The minimum absolute atomic E-state index is 0.401. The maximum absolute atomic E-state index is 6.00. The summed E-state index contributed by atoms with van der Waals surface area (Å²) in [6.07, 6.45) is 10.5. The Bertz CT molecular complexity index is 533.